The van der Waals surface area contributed by atoms with Crippen LogP contribution in [0.3, 0.4) is 0 Å². The van der Waals surface area contributed by atoms with Crippen LogP contribution in [0.1, 0.15) is 5.69 Å². The van der Waals surface area contributed by atoms with Crippen molar-refractivity contribution in [2.24, 2.45) is 0 Å². The number of carbonyl (C=O) groups is 1. The molecule has 0 saturated carbocycles. The summed E-state index contributed by atoms with van der Waals surface area (Å²) >= 11 is 0. The average molecular weight is 377 g/mol. The Bertz CT molecular complexity index is 1060. The Kier molecular flexibility index (Phi) is 4.92. The van der Waals surface area contributed by atoms with E-state index < -0.39 is 0 Å². The maximum atomic E-state index is 12.2. The van der Waals surface area contributed by atoms with Crippen molar-refractivity contribution >= 4 is 17.2 Å². The number of imidazole rings is 1. The van der Waals surface area contributed by atoms with Gasteiger partial charge in [0.2, 0.25) is 5.91 Å². The summed E-state index contributed by atoms with van der Waals surface area (Å²) < 4.78 is 14.8. The van der Waals surface area contributed by atoms with Gasteiger partial charge in [0, 0.05) is 36.5 Å². The first-order chi connectivity index (χ1) is 13.7. The summed E-state index contributed by atoms with van der Waals surface area (Å²) in [7, 11) is 1.57. The van der Waals surface area contributed by atoms with Crippen LogP contribution in [0.4, 0.5) is 5.69 Å². The first-order valence-electron chi connectivity index (χ1n) is 8.72. The molecule has 3 aromatic heterocycles. The van der Waals surface area contributed by atoms with Crippen LogP contribution < -0.4 is 14.8 Å². The molecule has 28 heavy (non-hydrogen) atoms. The fourth-order valence-corrected chi connectivity index (χ4v) is 2.82. The monoisotopic (exact) mass is 377 g/mol. The second-order valence-corrected chi connectivity index (χ2v) is 6.10. The van der Waals surface area contributed by atoms with E-state index in [2.05, 4.69) is 15.4 Å². The van der Waals surface area contributed by atoms with Gasteiger partial charge >= 0.3 is 0 Å². The first kappa shape index (κ1) is 17.6. The van der Waals surface area contributed by atoms with E-state index in [1.165, 1.54) is 0 Å². The molecule has 3 heterocycles. The number of benzene rings is 1. The molecule has 1 aromatic carbocycles. The number of anilines is 1. The van der Waals surface area contributed by atoms with Gasteiger partial charge in [-0.25, -0.2) is 4.98 Å². The Labute approximate surface area is 161 Å². The van der Waals surface area contributed by atoms with Crippen molar-refractivity contribution in [3.8, 4) is 11.5 Å². The lowest BCUT2D eigenvalue weighted by Crippen LogP contribution is -2.19. The van der Waals surface area contributed by atoms with E-state index in [0.29, 0.717) is 17.2 Å². The molecule has 142 valence electrons. The van der Waals surface area contributed by atoms with Gasteiger partial charge in [0.15, 0.2) is 11.5 Å². The van der Waals surface area contributed by atoms with Crippen molar-refractivity contribution in [3.63, 3.8) is 0 Å². The normalized spacial score (nSPS) is 10.8. The van der Waals surface area contributed by atoms with Gasteiger partial charge in [-0.15, -0.1) is 0 Å². The third-order valence-corrected chi connectivity index (χ3v) is 4.10. The highest BCUT2D eigenvalue weighted by Gasteiger charge is 2.10. The zero-order valence-electron chi connectivity index (χ0n) is 15.3. The van der Waals surface area contributed by atoms with Gasteiger partial charge in [-0.05, 0) is 30.3 Å². The molecule has 0 radical (unpaired) electrons. The minimum Gasteiger partial charge on any atom is -0.493 e. The Morgan fingerprint density at radius 3 is 2.86 bits per heavy atom. The fraction of sp³-hybridized carbons (Fsp3) is 0.150. The summed E-state index contributed by atoms with van der Waals surface area (Å²) in [6.45, 7) is 0.416. The van der Waals surface area contributed by atoms with E-state index in [1.807, 2.05) is 35.0 Å². The van der Waals surface area contributed by atoms with Crippen LogP contribution >= 0.6 is 0 Å². The van der Waals surface area contributed by atoms with Crippen molar-refractivity contribution in [2.45, 2.75) is 13.2 Å². The van der Waals surface area contributed by atoms with E-state index in [0.717, 1.165) is 11.3 Å². The van der Waals surface area contributed by atoms with Crippen LogP contribution in [-0.2, 0) is 17.9 Å². The zero-order chi connectivity index (χ0) is 19.3. The molecule has 0 aliphatic carbocycles. The topological polar surface area (TPSA) is 82.7 Å². The summed E-state index contributed by atoms with van der Waals surface area (Å²) in [6.07, 6.45) is 7.21. The molecular formula is C20H19N5O3. The molecule has 4 rings (SSSR count). The van der Waals surface area contributed by atoms with Gasteiger partial charge in [0.05, 0.1) is 12.8 Å². The summed E-state index contributed by atoms with van der Waals surface area (Å²) in [6, 6.07) is 12.8. The maximum Gasteiger partial charge on any atom is 0.246 e. The number of ether oxygens (including phenoxy) is 2. The second kappa shape index (κ2) is 7.83. The Morgan fingerprint density at radius 1 is 1.14 bits per heavy atom. The zero-order valence-corrected chi connectivity index (χ0v) is 15.3. The largest absolute Gasteiger partial charge is 0.493 e. The summed E-state index contributed by atoms with van der Waals surface area (Å²) in [5, 5.41) is 6.86. The third-order valence-electron chi connectivity index (χ3n) is 4.10. The molecule has 0 atom stereocenters. The minimum absolute atomic E-state index is 0.135. The SMILES string of the molecule is COc1ccc(NC(=O)Cn2cccn2)cc1OCc1cn2ccccc2n1. The van der Waals surface area contributed by atoms with Gasteiger partial charge in [-0.3, -0.25) is 9.48 Å². The van der Waals surface area contributed by atoms with Crippen LogP contribution in [0.5, 0.6) is 11.5 Å². The summed E-state index contributed by atoms with van der Waals surface area (Å²) in [4.78, 5) is 16.7. The number of carbonyl (C=O) groups excluding carboxylic acids is 1. The quantitative estimate of drug-likeness (QED) is 0.535. The van der Waals surface area contributed by atoms with Crippen LogP contribution in [0.2, 0.25) is 0 Å². The molecule has 0 aliphatic rings. The second-order valence-electron chi connectivity index (χ2n) is 6.10. The summed E-state index contributed by atoms with van der Waals surface area (Å²) in [5.74, 6) is 0.922. The number of aromatic nitrogens is 4. The molecule has 0 fully saturated rings. The highest BCUT2D eigenvalue weighted by atomic mass is 16.5. The maximum absolute atomic E-state index is 12.2. The molecule has 1 amide bonds. The molecule has 0 bridgehead atoms. The number of nitrogens with one attached hydrogen (secondary N) is 1. The number of hydrogen-bond donors (Lipinski definition) is 1. The van der Waals surface area contributed by atoms with Crippen molar-refractivity contribution < 1.29 is 14.3 Å². The molecule has 0 unspecified atom stereocenters. The van der Waals surface area contributed by atoms with Crippen molar-refractivity contribution in [2.75, 3.05) is 12.4 Å². The minimum atomic E-state index is -0.180. The number of rotatable bonds is 7. The third kappa shape index (κ3) is 3.96. The number of hydrogen-bond acceptors (Lipinski definition) is 5. The molecule has 0 spiro atoms. The molecule has 0 aliphatic heterocycles. The van der Waals surface area contributed by atoms with Gasteiger partial charge in [-0.1, -0.05) is 6.07 Å². The number of nitrogens with zero attached hydrogens (tertiary/aromatic N) is 4. The molecule has 4 aromatic rings. The lowest BCUT2D eigenvalue weighted by molar-refractivity contribution is -0.116. The Hall–Kier alpha value is -3.81. The Morgan fingerprint density at radius 2 is 2.07 bits per heavy atom. The van der Waals surface area contributed by atoms with Crippen LogP contribution in [0.25, 0.3) is 5.65 Å². The summed E-state index contributed by atoms with van der Waals surface area (Å²) in [5.41, 5.74) is 2.26. The van der Waals surface area contributed by atoms with Gasteiger partial charge in [0.25, 0.3) is 0 Å². The molecule has 0 saturated heterocycles. The highest BCUT2D eigenvalue weighted by molar-refractivity contribution is 5.90. The average Bonchev–Trinajstić information content (AvgIpc) is 3.35. The van der Waals surface area contributed by atoms with E-state index in [4.69, 9.17) is 9.47 Å². The van der Waals surface area contributed by atoms with E-state index in [-0.39, 0.29) is 19.1 Å². The molecule has 1 N–H and O–H groups in total. The van der Waals surface area contributed by atoms with Crippen molar-refractivity contribution in [1.82, 2.24) is 19.2 Å². The fourth-order valence-electron chi connectivity index (χ4n) is 2.82. The molecule has 8 heteroatoms. The highest BCUT2D eigenvalue weighted by Crippen LogP contribution is 2.31. The van der Waals surface area contributed by atoms with Gasteiger partial charge in [-0.2, -0.15) is 5.10 Å². The van der Waals surface area contributed by atoms with E-state index >= 15 is 0 Å². The lowest BCUT2D eigenvalue weighted by Gasteiger charge is -2.12. The van der Waals surface area contributed by atoms with E-state index in [1.54, 1.807) is 48.5 Å². The number of fused-ring (bicyclic) bond motifs is 1. The van der Waals surface area contributed by atoms with Crippen LogP contribution in [0, 0.1) is 0 Å². The number of amides is 1. The predicted octanol–water partition coefficient (Wildman–Crippen LogP) is 2.76. The van der Waals surface area contributed by atoms with E-state index in [9.17, 15) is 4.79 Å². The van der Waals surface area contributed by atoms with Crippen molar-refractivity contribution in [1.29, 1.82) is 0 Å². The lowest BCUT2D eigenvalue weighted by atomic mass is 10.2. The first-order valence-corrected chi connectivity index (χ1v) is 8.72. The van der Waals surface area contributed by atoms with Gasteiger partial charge < -0.3 is 19.2 Å². The van der Waals surface area contributed by atoms with Gasteiger partial charge in [0.1, 0.15) is 18.8 Å². The number of pyridine rings is 1. The Balaban J connectivity index is 1.46. The van der Waals surface area contributed by atoms with Crippen LogP contribution in [0.15, 0.2) is 67.3 Å². The number of methoxy groups -OCH3 is 1. The van der Waals surface area contributed by atoms with Crippen LogP contribution in [-0.4, -0.2) is 32.2 Å². The molecular weight excluding hydrogens is 358 g/mol. The smallest absolute Gasteiger partial charge is 0.246 e. The molecule has 8 nitrogen and oxygen atoms in total. The standard InChI is InChI=1S/C20H19N5O3/c1-27-17-7-6-15(23-20(26)13-25-10-4-8-21-25)11-18(17)28-14-16-12-24-9-3-2-5-19(24)22-16/h2-12H,13-14H2,1H3,(H,23,26). The predicted molar refractivity (Wildman–Crippen MR) is 103 cm³/mol. The van der Waals surface area contributed by atoms with Crippen molar-refractivity contribution in [3.05, 3.63) is 72.9 Å².